The summed E-state index contributed by atoms with van der Waals surface area (Å²) in [6, 6.07) is 0. The van der Waals surface area contributed by atoms with Crippen molar-refractivity contribution >= 4 is 61.6 Å². The van der Waals surface area contributed by atoms with Crippen molar-refractivity contribution in [2.45, 2.75) is 0 Å². The smallest absolute Gasteiger partial charge is 0.480 e. The maximum Gasteiger partial charge on any atom is 2.00 e. The molecular weight excluding hydrogens is 392 g/mol. The molecule has 0 bridgehead atoms. The second-order valence-corrected chi connectivity index (χ2v) is 5.50. The van der Waals surface area contributed by atoms with Gasteiger partial charge in [0.1, 0.15) is 0 Å². The largest absolute Gasteiger partial charge is 2.00 e. The molecule has 0 amide bonds. The van der Waals surface area contributed by atoms with Crippen LogP contribution in [0.2, 0.25) is 0 Å². The molecule has 1 aliphatic rings. The molecule has 0 saturated carbocycles. The first kappa shape index (κ1) is 28.2. The minimum atomic E-state index is -1.23. The van der Waals surface area contributed by atoms with E-state index in [9.17, 15) is 19.2 Å². The Morgan fingerprint density at radius 3 is 0.963 bits per heavy atom. The van der Waals surface area contributed by atoms with Crippen LogP contribution in [0.15, 0.2) is 0 Å². The molecule has 1 aliphatic heterocycles. The number of hydrogen-bond acceptors (Lipinski definition) is 8. The van der Waals surface area contributed by atoms with E-state index >= 15 is 0 Å². The molecule has 0 unspecified atom stereocenters. The monoisotopic (exact) mass is 418 g/mol. The van der Waals surface area contributed by atoms with Crippen LogP contribution in [-0.4, -0.2) is 157 Å². The van der Waals surface area contributed by atoms with E-state index in [0.29, 0.717) is 0 Å². The summed E-state index contributed by atoms with van der Waals surface area (Å²) >= 11 is 0. The number of hydrogen-bond donors (Lipinski definition) is 6. The van der Waals surface area contributed by atoms with Gasteiger partial charge in [-0.2, -0.15) is 0 Å². The topological polar surface area (TPSA) is 180 Å². The molecule has 13 heteroatoms. The van der Waals surface area contributed by atoms with Crippen LogP contribution in [0.3, 0.4) is 0 Å². The first-order valence-electron chi connectivity index (χ1n) is 7.94. The van der Waals surface area contributed by atoms with Gasteiger partial charge in [-0.3, -0.25) is 29.0 Å². The summed E-state index contributed by atoms with van der Waals surface area (Å²) < 4.78 is 0. The van der Waals surface area contributed by atoms with Gasteiger partial charge in [-0.25, -0.2) is 0 Å². The van der Waals surface area contributed by atoms with Gasteiger partial charge in [0, 0.05) is 39.3 Å². The zero-order chi connectivity index (χ0) is 19.9. The summed E-state index contributed by atoms with van der Waals surface area (Å²) in [6.07, 6.45) is 0. The number of aliphatic carboxylic acids is 4. The summed E-state index contributed by atoms with van der Waals surface area (Å²) in [4.78, 5) is 44.4. The first-order chi connectivity index (χ1) is 12.2. The number of nitrogens with zero attached hydrogens (tertiary/aromatic N) is 2. The van der Waals surface area contributed by atoms with Crippen LogP contribution in [-0.2, 0) is 19.2 Å². The van der Waals surface area contributed by atoms with E-state index in [-0.39, 0.29) is 50.8 Å². The molecule has 0 aromatic heterocycles. The molecule has 0 radical (unpaired) electrons. The molecule has 1 rings (SSSR count). The van der Waals surface area contributed by atoms with Crippen molar-refractivity contribution in [2.24, 2.45) is 0 Å². The molecule has 1 saturated heterocycles. The zero-order valence-corrected chi connectivity index (χ0v) is 17.3. The Balaban J connectivity index is 0. The molecule has 0 aromatic rings. The van der Waals surface area contributed by atoms with Crippen molar-refractivity contribution in [1.82, 2.24) is 20.4 Å². The molecule has 0 spiro atoms. The van der Waals surface area contributed by atoms with E-state index in [1.807, 2.05) is 0 Å². The van der Waals surface area contributed by atoms with Crippen molar-refractivity contribution in [3.05, 3.63) is 0 Å². The summed E-state index contributed by atoms with van der Waals surface area (Å²) in [7, 11) is 0. The number of carbonyl (C=O) groups is 4. The third kappa shape index (κ3) is 19.5. The summed E-state index contributed by atoms with van der Waals surface area (Å²) in [6.45, 7) is 2.31. The van der Waals surface area contributed by atoms with Crippen LogP contribution in [0.5, 0.6) is 0 Å². The van der Waals surface area contributed by atoms with Crippen LogP contribution < -0.4 is 10.6 Å². The SMILES string of the molecule is C1CNCCN1.O=C(O)CN(CCN(CC(=O)O)CC(=O)O)CC(=O)O.[Ca+2]. The van der Waals surface area contributed by atoms with Crippen LogP contribution in [0.1, 0.15) is 0 Å². The summed E-state index contributed by atoms with van der Waals surface area (Å²) in [5.74, 6) is -4.91. The number of carboxylic acid groups (broad SMARTS) is 4. The minimum Gasteiger partial charge on any atom is -0.480 e. The Labute approximate surface area is 186 Å². The van der Waals surface area contributed by atoms with E-state index in [1.165, 1.54) is 0 Å². The fraction of sp³-hybridized carbons (Fsp3) is 0.714. The van der Waals surface area contributed by atoms with E-state index in [0.717, 1.165) is 36.0 Å². The van der Waals surface area contributed by atoms with Crippen molar-refractivity contribution in [3.63, 3.8) is 0 Å². The van der Waals surface area contributed by atoms with Gasteiger partial charge in [0.2, 0.25) is 0 Å². The number of nitrogens with one attached hydrogen (secondary N) is 2. The summed E-state index contributed by atoms with van der Waals surface area (Å²) in [5.41, 5.74) is 0. The average molecular weight is 418 g/mol. The van der Waals surface area contributed by atoms with E-state index in [4.69, 9.17) is 20.4 Å². The van der Waals surface area contributed by atoms with Gasteiger partial charge in [0.05, 0.1) is 26.2 Å². The standard InChI is InChI=1S/C10H16N2O8.C4H10N2.Ca/c13-7(14)3-11(4-8(15)16)1-2-12(5-9(17)18)6-10(19)20;1-2-6-4-3-5-1;/h1-6H2,(H,13,14)(H,15,16)(H,17,18)(H,19,20);5-6H,1-4H2;/q;;+2. The molecular formula is C14H26CaN4O8+2. The number of rotatable bonds is 11. The quantitative estimate of drug-likeness (QED) is 0.185. The van der Waals surface area contributed by atoms with Gasteiger partial charge in [-0.1, -0.05) is 0 Å². The van der Waals surface area contributed by atoms with E-state index in [2.05, 4.69) is 10.6 Å². The fourth-order valence-electron chi connectivity index (χ4n) is 2.08. The maximum absolute atomic E-state index is 10.6. The third-order valence-corrected chi connectivity index (χ3v) is 3.13. The molecule has 150 valence electrons. The van der Waals surface area contributed by atoms with Gasteiger partial charge in [0.25, 0.3) is 0 Å². The van der Waals surface area contributed by atoms with Gasteiger partial charge in [-0.15, -0.1) is 0 Å². The maximum atomic E-state index is 10.6. The van der Waals surface area contributed by atoms with Crippen molar-refractivity contribution in [2.75, 3.05) is 65.4 Å². The fourth-order valence-corrected chi connectivity index (χ4v) is 2.08. The predicted molar refractivity (Wildman–Crippen MR) is 94.9 cm³/mol. The Bertz CT molecular complexity index is 397. The second kappa shape index (κ2) is 17.1. The van der Waals surface area contributed by atoms with Crippen LogP contribution in [0.4, 0.5) is 0 Å². The van der Waals surface area contributed by atoms with Crippen LogP contribution in [0, 0.1) is 0 Å². The minimum absolute atomic E-state index is 0. The van der Waals surface area contributed by atoms with Crippen LogP contribution >= 0.6 is 0 Å². The summed E-state index contributed by atoms with van der Waals surface area (Å²) in [5, 5.41) is 40.9. The van der Waals surface area contributed by atoms with Gasteiger partial charge >= 0.3 is 61.6 Å². The molecule has 1 heterocycles. The third-order valence-electron chi connectivity index (χ3n) is 3.13. The normalized spacial score (nSPS) is 13.3. The van der Waals surface area contributed by atoms with Crippen molar-refractivity contribution < 1.29 is 39.6 Å². The molecule has 12 nitrogen and oxygen atoms in total. The molecule has 0 aliphatic carbocycles. The molecule has 1 fully saturated rings. The molecule has 0 aromatic carbocycles. The predicted octanol–water partition coefficient (Wildman–Crippen LogP) is -3.27. The molecule has 27 heavy (non-hydrogen) atoms. The number of carboxylic acids is 4. The van der Waals surface area contributed by atoms with E-state index in [1.54, 1.807) is 0 Å². The Morgan fingerprint density at radius 2 is 0.815 bits per heavy atom. The number of piperazine rings is 1. The first-order valence-corrected chi connectivity index (χ1v) is 7.94. The average Bonchev–Trinajstić information content (AvgIpc) is 2.52. The molecule has 0 atom stereocenters. The van der Waals surface area contributed by atoms with E-state index < -0.39 is 50.1 Å². The van der Waals surface area contributed by atoms with Gasteiger partial charge in [0.15, 0.2) is 0 Å². The van der Waals surface area contributed by atoms with Crippen molar-refractivity contribution in [1.29, 1.82) is 0 Å². The van der Waals surface area contributed by atoms with Gasteiger partial charge in [-0.05, 0) is 0 Å². The van der Waals surface area contributed by atoms with Gasteiger partial charge < -0.3 is 31.1 Å². The zero-order valence-electron chi connectivity index (χ0n) is 15.1. The van der Waals surface area contributed by atoms with Crippen molar-refractivity contribution in [3.8, 4) is 0 Å². The van der Waals surface area contributed by atoms with Crippen LogP contribution in [0.25, 0.3) is 0 Å². The second-order valence-electron chi connectivity index (χ2n) is 5.50. The Hall–Kier alpha value is -1.02. The molecule has 6 N–H and O–H groups in total. The Morgan fingerprint density at radius 1 is 0.593 bits per heavy atom. The Kier molecular flexibility index (Phi) is 17.9.